The molecule has 156 valence electrons. The number of carbonyl (C=O) groups is 1. The Bertz CT molecular complexity index is 1020. The van der Waals surface area contributed by atoms with Crippen molar-refractivity contribution in [1.82, 2.24) is 10.2 Å². The maximum Gasteiger partial charge on any atom is 0.189 e. The van der Waals surface area contributed by atoms with Gasteiger partial charge in [-0.3, -0.25) is 4.79 Å². The van der Waals surface area contributed by atoms with Crippen LogP contribution < -0.4 is 10.1 Å². The van der Waals surface area contributed by atoms with Crippen LogP contribution in [-0.2, 0) is 9.47 Å². The predicted molar refractivity (Wildman–Crippen MR) is 115 cm³/mol. The first-order valence-electron chi connectivity index (χ1n) is 10.2. The maximum atomic E-state index is 11.4. The number of hydrogen-bond donors (Lipinski definition) is 1. The second kappa shape index (κ2) is 9.65. The summed E-state index contributed by atoms with van der Waals surface area (Å²) in [7, 11) is 0. The Hall–Kier alpha value is -3.03. The highest BCUT2D eigenvalue weighted by molar-refractivity contribution is 6.00. The second-order valence-electron chi connectivity index (χ2n) is 7.08. The Labute approximate surface area is 175 Å². The normalized spacial score (nSPS) is 16.0. The SMILES string of the molecule is CCOCOc1cc(-c2nnc(NCC3CCCO3)c3ccccc23)ccc1C=O. The fraction of sp³-hybridized carbons (Fsp3) is 0.348. The number of rotatable bonds is 9. The molecule has 0 saturated carbocycles. The van der Waals surface area contributed by atoms with E-state index in [0.717, 1.165) is 53.6 Å². The van der Waals surface area contributed by atoms with Crippen molar-refractivity contribution in [2.75, 3.05) is 31.9 Å². The van der Waals surface area contributed by atoms with Gasteiger partial charge in [-0.25, -0.2) is 0 Å². The van der Waals surface area contributed by atoms with Crippen molar-refractivity contribution in [3.8, 4) is 17.0 Å². The van der Waals surface area contributed by atoms with Gasteiger partial charge in [-0.1, -0.05) is 30.3 Å². The first-order chi connectivity index (χ1) is 14.8. The van der Waals surface area contributed by atoms with E-state index in [9.17, 15) is 4.79 Å². The fourth-order valence-corrected chi connectivity index (χ4v) is 3.56. The Kier molecular flexibility index (Phi) is 6.51. The van der Waals surface area contributed by atoms with Crippen molar-refractivity contribution in [3.63, 3.8) is 0 Å². The number of fused-ring (bicyclic) bond motifs is 1. The van der Waals surface area contributed by atoms with Crippen LogP contribution in [0.3, 0.4) is 0 Å². The van der Waals surface area contributed by atoms with Crippen LogP contribution in [0.15, 0.2) is 42.5 Å². The smallest absolute Gasteiger partial charge is 0.189 e. The molecule has 7 nitrogen and oxygen atoms in total. The third-order valence-electron chi connectivity index (χ3n) is 5.12. The molecule has 0 bridgehead atoms. The van der Waals surface area contributed by atoms with Crippen molar-refractivity contribution < 1.29 is 19.0 Å². The number of hydrogen-bond acceptors (Lipinski definition) is 7. The van der Waals surface area contributed by atoms with E-state index in [-0.39, 0.29) is 12.9 Å². The van der Waals surface area contributed by atoms with Gasteiger partial charge < -0.3 is 19.5 Å². The molecule has 0 spiro atoms. The van der Waals surface area contributed by atoms with Gasteiger partial charge in [0.1, 0.15) is 11.4 Å². The molecule has 1 aromatic heterocycles. The van der Waals surface area contributed by atoms with E-state index in [1.165, 1.54) is 0 Å². The molecule has 30 heavy (non-hydrogen) atoms. The van der Waals surface area contributed by atoms with E-state index in [0.29, 0.717) is 24.5 Å². The van der Waals surface area contributed by atoms with E-state index in [1.54, 1.807) is 12.1 Å². The minimum absolute atomic E-state index is 0.0827. The number of benzene rings is 2. The van der Waals surface area contributed by atoms with Gasteiger partial charge in [0, 0.05) is 36.1 Å². The molecular weight excluding hydrogens is 382 g/mol. The minimum Gasteiger partial charge on any atom is -0.467 e. The van der Waals surface area contributed by atoms with Crippen molar-refractivity contribution in [3.05, 3.63) is 48.0 Å². The average Bonchev–Trinajstić information content (AvgIpc) is 3.31. The summed E-state index contributed by atoms with van der Waals surface area (Å²) in [6, 6.07) is 13.4. The zero-order valence-electron chi connectivity index (χ0n) is 17.0. The minimum atomic E-state index is 0.0827. The van der Waals surface area contributed by atoms with Crippen LogP contribution in [0.5, 0.6) is 5.75 Å². The van der Waals surface area contributed by atoms with Gasteiger partial charge in [-0.05, 0) is 31.9 Å². The third-order valence-corrected chi connectivity index (χ3v) is 5.12. The third kappa shape index (κ3) is 4.42. The quantitative estimate of drug-likeness (QED) is 0.325. The number of anilines is 1. The summed E-state index contributed by atoms with van der Waals surface area (Å²) < 4.78 is 16.6. The molecule has 4 rings (SSSR count). The Morgan fingerprint density at radius 1 is 1.20 bits per heavy atom. The number of aromatic nitrogens is 2. The van der Waals surface area contributed by atoms with Crippen LogP contribution in [0.4, 0.5) is 5.82 Å². The highest BCUT2D eigenvalue weighted by Crippen LogP contribution is 2.32. The average molecular weight is 407 g/mol. The fourth-order valence-electron chi connectivity index (χ4n) is 3.56. The number of nitrogens with one attached hydrogen (secondary N) is 1. The number of aldehydes is 1. The molecule has 3 aromatic rings. The lowest BCUT2D eigenvalue weighted by molar-refractivity contribution is 0.0221. The monoisotopic (exact) mass is 407 g/mol. The lowest BCUT2D eigenvalue weighted by Crippen LogP contribution is -2.19. The molecule has 1 aliphatic heterocycles. The van der Waals surface area contributed by atoms with E-state index < -0.39 is 0 Å². The molecule has 1 saturated heterocycles. The summed E-state index contributed by atoms with van der Waals surface area (Å²) in [4.78, 5) is 11.4. The summed E-state index contributed by atoms with van der Waals surface area (Å²) in [5.41, 5.74) is 2.01. The van der Waals surface area contributed by atoms with Gasteiger partial charge in [0.05, 0.1) is 11.7 Å². The largest absolute Gasteiger partial charge is 0.467 e. The van der Waals surface area contributed by atoms with Crippen LogP contribution in [0, 0.1) is 0 Å². The van der Waals surface area contributed by atoms with Gasteiger partial charge in [-0.2, -0.15) is 0 Å². The van der Waals surface area contributed by atoms with Crippen LogP contribution in [-0.4, -0.2) is 49.1 Å². The molecule has 1 fully saturated rings. The zero-order valence-corrected chi connectivity index (χ0v) is 17.0. The van der Waals surface area contributed by atoms with Gasteiger partial charge >= 0.3 is 0 Å². The summed E-state index contributed by atoms with van der Waals surface area (Å²) in [6.07, 6.45) is 3.14. The molecule has 1 atom stereocenters. The molecule has 1 N–H and O–H groups in total. The highest BCUT2D eigenvalue weighted by Gasteiger charge is 2.17. The van der Waals surface area contributed by atoms with Crippen LogP contribution >= 0.6 is 0 Å². The predicted octanol–water partition coefficient (Wildman–Crippen LogP) is 4.07. The standard InChI is InChI=1S/C23H25N3O4/c1-2-28-15-30-21-12-16(9-10-17(21)14-27)22-19-7-3-4-8-20(19)23(26-25-22)24-13-18-6-5-11-29-18/h3-4,7-10,12,14,18H,2,5-6,11,13,15H2,1H3,(H,24,26). The van der Waals surface area contributed by atoms with Crippen LogP contribution in [0.25, 0.3) is 22.0 Å². The van der Waals surface area contributed by atoms with Gasteiger partial charge in [0.2, 0.25) is 0 Å². The number of carbonyl (C=O) groups excluding carboxylic acids is 1. The summed E-state index contributed by atoms with van der Waals surface area (Å²) >= 11 is 0. The van der Waals surface area contributed by atoms with Gasteiger partial charge in [0.25, 0.3) is 0 Å². The summed E-state index contributed by atoms with van der Waals surface area (Å²) in [6.45, 7) is 4.03. The van der Waals surface area contributed by atoms with E-state index in [1.807, 2.05) is 37.3 Å². The molecule has 0 aliphatic carbocycles. The second-order valence-corrected chi connectivity index (χ2v) is 7.08. The molecule has 1 unspecified atom stereocenters. The highest BCUT2D eigenvalue weighted by atomic mass is 16.7. The van der Waals surface area contributed by atoms with E-state index >= 15 is 0 Å². The maximum absolute atomic E-state index is 11.4. The lowest BCUT2D eigenvalue weighted by Gasteiger charge is -2.15. The van der Waals surface area contributed by atoms with Crippen molar-refractivity contribution in [1.29, 1.82) is 0 Å². The lowest BCUT2D eigenvalue weighted by atomic mass is 10.0. The number of ether oxygens (including phenoxy) is 3. The molecule has 7 heteroatoms. The topological polar surface area (TPSA) is 82.6 Å². The first-order valence-corrected chi connectivity index (χ1v) is 10.2. The zero-order chi connectivity index (χ0) is 20.8. The van der Waals surface area contributed by atoms with Crippen molar-refractivity contribution >= 4 is 22.9 Å². The Balaban J connectivity index is 1.66. The van der Waals surface area contributed by atoms with Crippen molar-refractivity contribution in [2.24, 2.45) is 0 Å². The van der Waals surface area contributed by atoms with Gasteiger partial charge in [-0.15, -0.1) is 10.2 Å². The summed E-state index contributed by atoms with van der Waals surface area (Å²) in [5, 5.41) is 14.3. The van der Waals surface area contributed by atoms with Crippen LogP contribution in [0.1, 0.15) is 30.1 Å². The Morgan fingerprint density at radius 3 is 2.83 bits per heavy atom. The number of nitrogens with zero attached hydrogens (tertiary/aromatic N) is 2. The van der Waals surface area contributed by atoms with Crippen molar-refractivity contribution in [2.45, 2.75) is 25.9 Å². The van der Waals surface area contributed by atoms with E-state index in [4.69, 9.17) is 14.2 Å². The molecule has 2 aromatic carbocycles. The molecule has 0 radical (unpaired) electrons. The molecule has 1 aliphatic rings. The first kappa shape index (κ1) is 20.3. The molecule has 2 heterocycles. The molecule has 0 amide bonds. The summed E-state index contributed by atoms with van der Waals surface area (Å²) in [5.74, 6) is 1.20. The van der Waals surface area contributed by atoms with E-state index in [2.05, 4.69) is 15.5 Å². The van der Waals surface area contributed by atoms with Crippen LogP contribution in [0.2, 0.25) is 0 Å². The molecular formula is C23H25N3O4. The Morgan fingerprint density at radius 2 is 2.07 bits per heavy atom. The van der Waals surface area contributed by atoms with Gasteiger partial charge in [0.15, 0.2) is 18.9 Å².